The lowest BCUT2D eigenvalue weighted by molar-refractivity contribution is 1.27. The fraction of sp³-hybridized carbons (Fsp3) is 0.0204. The molecule has 0 aliphatic rings. The van der Waals surface area contributed by atoms with E-state index in [1.165, 1.54) is 38.9 Å². The van der Waals surface area contributed by atoms with Crippen LogP contribution in [0, 0.1) is 6.92 Å². The van der Waals surface area contributed by atoms with Crippen LogP contribution in [0.25, 0.3) is 33.4 Å². The maximum absolute atomic E-state index is 2.32. The van der Waals surface area contributed by atoms with Gasteiger partial charge in [0.1, 0.15) is 0 Å². The van der Waals surface area contributed by atoms with Gasteiger partial charge >= 0.3 is 0 Å². The predicted octanol–water partition coefficient (Wildman–Crippen LogP) is 13.9. The predicted molar refractivity (Wildman–Crippen MR) is 217 cm³/mol. The van der Waals surface area contributed by atoms with Gasteiger partial charge in [0, 0.05) is 34.1 Å². The lowest BCUT2D eigenvalue weighted by Gasteiger charge is -2.26. The van der Waals surface area contributed by atoms with E-state index in [4.69, 9.17) is 0 Å². The van der Waals surface area contributed by atoms with Crippen LogP contribution < -0.4 is 9.80 Å². The smallest absolute Gasteiger partial charge is 0.0462 e. The van der Waals surface area contributed by atoms with Gasteiger partial charge in [-0.2, -0.15) is 0 Å². The molecule has 0 saturated carbocycles. The average Bonchev–Trinajstić information content (AvgIpc) is 3.21. The summed E-state index contributed by atoms with van der Waals surface area (Å²) in [6.07, 6.45) is 0. The van der Waals surface area contributed by atoms with E-state index < -0.39 is 0 Å². The monoisotopic (exact) mass is 654 g/mol. The first-order chi connectivity index (χ1) is 25.2. The normalized spacial score (nSPS) is 10.8. The van der Waals surface area contributed by atoms with Crippen LogP contribution in [0.15, 0.2) is 212 Å². The minimum absolute atomic E-state index is 1.11. The first kappa shape index (κ1) is 31.6. The van der Waals surface area contributed by atoms with Crippen molar-refractivity contribution >= 4 is 34.1 Å². The summed E-state index contributed by atoms with van der Waals surface area (Å²) in [6, 6.07) is 75.8. The van der Waals surface area contributed by atoms with E-state index in [0.717, 1.165) is 34.1 Å². The molecule has 0 saturated heterocycles. The quantitative estimate of drug-likeness (QED) is 0.153. The van der Waals surface area contributed by atoms with Gasteiger partial charge in [-0.3, -0.25) is 0 Å². The number of para-hydroxylation sites is 2. The van der Waals surface area contributed by atoms with Crippen LogP contribution in [0.2, 0.25) is 0 Å². The van der Waals surface area contributed by atoms with Gasteiger partial charge in [-0.05, 0) is 113 Å². The minimum Gasteiger partial charge on any atom is -0.311 e. The standard InChI is InChI=1S/C49H38N2/c1-37-21-29-44(30-22-37)50(42-15-7-3-8-16-42)46-33-25-40(26-34-46)48-19-11-12-20-49(48)41-27-35-47(36-28-41)51(43-17-9-4-10-18-43)45-31-23-39(24-32-45)38-13-5-2-6-14-38/h2-36H,1H3. The largest absolute Gasteiger partial charge is 0.311 e. The van der Waals surface area contributed by atoms with Crippen molar-refractivity contribution in [3.05, 3.63) is 218 Å². The molecule has 0 unspecified atom stereocenters. The van der Waals surface area contributed by atoms with E-state index in [0.29, 0.717) is 0 Å². The summed E-state index contributed by atoms with van der Waals surface area (Å²) >= 11 is 0. The van der Waals surface area contributed by atoms with Crippen molar-refractivity contribution in [2.24, 2.45) is 0 Å². The lowest BCUT2D eigenvalue weighted by atomic mass is 9.94. The summed E-state index contributed by atoms with van der Waals surface area (Å²) in [5.41, 5.74) is 15.2. The Hall–Kier alpha value is -6.64. The van der Waals surface area contributed by atoms with E-state index in [-0.39, 0.29) is 0 Å². The van der Waals surface area contributed by atoms with E-state index in [1.54, 1.807) is 0 Å². The Bertz CT molecular complexity index is 2310. The Balaban J connectivity index is 1.11. The average molecular weight is 655 g/mol. The minimum atomic E-state index is 1.11. The molecule has 0 aliphatic heterocycles. The summed E-state index contributed by atoms with van der Waals surface area (Å²) in [5, 5.41) is 0. The van der Waals surface area contributed by atoms with Gasteiger partial charge in [0.2, 0.25) is 0 Å². The maximum atomic E-state index is 2.32. The zero-order chi connectivity index (χ0) is 34.4. The number of hydrogen-bond donors (Lipinski definition) is 0. The molecule has 8 rings (SSSR count). The Kier molecular flexibility index (Phi) is 8.96. The van der Waals surface area contributed by atoms with Gasteiger partial charge in [0.05, 0.1) is 0 Å². The van der Waals surface area contributed by atoms with Gasteiger partial charge in [0.25, 0.3) is 0 Å². The number of rotatable bonds is 9. The van der Waals surface area contributed by atoms with Crippen molar-refractivity contribution in [3.8, 4) is 33.4 Å². The van der Waals surface area contributed by atoms with E-state index in [2.05, 4.69) is 229 Å². The molecule has 0 aromatic heterocycles. The summed E-state index contributed by atoms with van der Waals surface area (Å²) in [4.78, 5) is 4.62. The number of benzene rings is 8. The summed E-state index contributed by atoms with van der Waals surface area (Å²) in [7, 11) is 0. The van der Waals surface area contributed by atoms with E-state index >= 15 is 0 Å². The van der Waals surface area contributed by atoms with Gasteiger partial charge in [0.15, 0.2) is 0 Å². The molecule has 0 radical (unpaired) electrons. The molecule has 2 nitrogen and oxygen atoms in total. The van der Waals surface area contributed by atoms with Crippen molar-refractivity contribution in [3.63, 3.8) is 0 Å². The van der Waals surface area contributed by atoms with Crippen LogP contribution in [0.3, 0.4) is 0 Å². The fourth-order valence-corrected chi connectivity index (χ4v) is 6.74. The van der Waals surface area contributed by atoms with Crippen LogP contribution in [-0.4, -0.2) is 0 Å². The molecule has 0 aliphatic carbocycles. The first-order valence-corrected chi connectivity index (χ1v) is 17.4. The molecule has 0 spiro atoms. The molecule has 0 bridgehead atoms. The highest BCUT2D eigenvalue weighted by Crippen LogP contribution is 2.40. The third-order valence-electron chi connectivity index (χ3n) is 9.35. The molecule has 0 N–H and O–H groups in total. The highest BCUT2D eigenvalue weighted by Gasteiger charge is 2.16. The summed E-state index contributed by atoms with van der Waals surface area (Å²) in [6.45, 7) is 2.13. The van der Waals surface area contributed by atoms with Gasteiger partial charge in [-0.25, -0.2) is 0 Å². The number of nitrogens with zero attached hydrogens (tertiary/aromatic N) is 2. The van der Waals surface area contributed by atoms with Crippen molar-refractivity contribution in [2.75, 3.05) is 9.80 Å². The third kappa shape index (κ3) is 6.81. The zero-order valence-electron chi connectivity index (χ0n) is 28.6. The zero-order valence-corrected chi connectivity index (χ0v) is 28.6. The molecule has 0 fully saturated rings. The van der Waals surface area contributed by atoms with Gasteiger partial charge in [-0.1, -0.05) is 145 Å². The maximum Gasteiger partial charge on any atom is 0.0462 e. The van der Waals surface area contributed by atoms with Crippen LogP contribution in [0.1, 0.15) is 5.56 Å². The Morgan fingerprint density at radius 3 is 0.902 bits per heavy atom. The first-order valence-electron chi connectivity index (χ1n) is 17.4. The van der Waals surface area contributed by atoms with Crippen LogP contribution >= 0.6 is 0 Å². The molecule has 8 aromatic rings. The van der Waals surface area contributed by atoms with Crippen molar-refractivity contribution in [1.82, 2.24) is 0 Å². The SMILES string of the molecule is Cc1ccc(N(c2ccccc2)c2ccc(-c3ccccc3-c3ccc(N(c4ccccc4)c4ccc(-c5ccccc5)cc4)cc3)cc2)cc1. The van der Waals surface area contributed by atoms with Crippen molar-refractivity contribution < 1.29 is 0 Å². The fourth-order valence-electron chi connectivity index (χ4n) is 6.74. The second kappa shape index (κ2) is 14.5. The number of hydrogen-bond acceptors (Lipinski definition) is 2. The number of aryl methyl sites for hydroxylation is 1. The lowest BCUT2D eigenvalue weighted by Crippen LogP contribution is -2.09. The Morgan fingerprint density at radius 2 is 0.510 bits per heavy atom. The number of anilines is 6. The highest BCUT2D eigenvalue weighted by atomic mass is 15.1. The van der Waals surface area contributed by atoms with Gasteiger partial charge < -0.3 is 9.80 Å². The molecule has 51 heavy (non-hydrogen) atoms. The second-order valence-corrected chi connectivity index (χ2v) is 12.7. The molecule has 244 valence electrons. The molecule has 0 amide bonds. The highest BCUT2D eigenvalue weighted by molar-refractivity contribution is 5.87. The van der Waals surface area contributed by atoms with Crippen LogP contribution in [0.5, 0.6) is 0 Å². The van der Waals surface area contributed by atoms with Gasteiger partial charge in [-0.15, -0.1) is 0 Å². The van der Waals surface area contributed by atoms with Crippen LogP contribution in [0.4, 0.5) is 34.1 Å². The third-order valence-corrected chi connectivity index (χ3v) is 9.35. The van der Waals surface area contributed by atoms with E-state index in [1.807, 2.05) is 0 Å². The molecular formula is C49H38N2. The molecule has 0 atom stereocenters. The van der Waals surface area contributed by atoms with E-state index in [9.17, 15) is 0 Å². The Morgan fingerprint density at radius 1 is 0.235 bits per heavy atom. The van der Waals surface area contributed by atoms with Crippen molar-refractivity contribution in [2.45, 2.75) is 6.92 Å². The van der Waals surface area contributed by atoms with Crippen molar-refractivity contribution in [1.29, 1.82) is 0 Å². The molecule has 0 heterocycles. The topological polar surface area (TPSA) is 6.48 Å². The molecular weight excluding hydrogens is 617 g/mol. The second-order valence-electron chi connectivity index (χ2n) is 12.7. The molecule has 8 aromatic carbocycles. The molecule has 2 heteroatoms. The summed E-state index contributed by atoms with van der Waals surface area (Å²) in [5.74, 6) is 0. The van der Waals surface area contributed by atoms with Crippen LogP contribution in [-0.2, 0) is 0 Å². The summed E-state index contributed by atoms with van der Waals surface area (Å²) < 4.78 is 0. The Labute approximate surface area is 301 Å².